The molecule has 0 saturated carbocycles. The topological polar surface area (TPSA) is 81.1 Å². The SMILES string of the molecule is CCC1(C(=O)O)CCCN1C(=O)N1CCC(CO)CC1. The molecule has 2 N–H and O–H groups in total. The van der Waals surface area contributed by atoms with E-state index in [1.807, 2.05) is 6.92 Å². The molecule has 0 aromatic carbocycles. The highest BCUT2D eigenvalue weighted by molar-refractivity contribution is 5.87. The number of hydrogen-bond donors (Lipinski definition) is 2. The summed E-state index contributed by atoms with van der Waals surface area (Å²) in [6.45, 7) is 3.75. The van der Waals surface area contributed by atoms with E-state index in [1.165, 1.54) is 0 Å². The van der Waals surface area contributed by atoms with Gasteiger partial charge in [0.25, 0.3) is 0 Å². The molecule has 0 aromatic heterocycles. The van der Waals surface area contributed by atoms with E-state index in [9.17, 15) is 14.7 Å². The van der Waals surface area contributed by atoms with Gasteiger partial charge in [-0.2, -0.15) is 0 Å². The lowest BCUT2D eigenvalue weighted by atomic mass is 9.93. The van der Waals surface area contributed by atoms with Crippen LogP contribution in [-0.4, -0.2) is 63.8 Å². The number of amides is 2. The van der Waals surface area contributed by atoms with Crippen molar-refractivity contribution in [3.63, 3.8) is 0 Å². The fourth-order valence-corrected chi connectivity index (χ4v) is 3.38. The number of aliphatic hydroxyl groups is 1. The first kappa shape index (κ1) is 15.1. The first-order chi connectivity index (χ1) is 9.55. The van der Waals surface area contributed by atoms with Gasteiger partial charge in [-0.15, -0.1) is 0 Å². The number of aliphatic carboxylic acids is 1. The van der Waals surface area contributed by atoms with Gasteiger partial charge in [0.2, 0.25) is 0 Å². The van der Waals surface area contributed by atoms with E-state index >= 15 is 0 Å². The van der Waals surface area contributed by atoms with Gasteiger partial charge < -0.3 is 20.0 Å². The van der Waals surface area contributed by atoms with Crippen LogP contribution in [0.1, 0.15) is 39.0 Å². The predicted molar refractivity (Wildman–Crippen MR) is 73.4 cm³/mol. The lowest BCUT2D eigenvalue weighted by Crippen LogP contribution is -2.57. The van der Waals surface area contributed by atoms with Crippen LogP contribution in [0.3, 0.4) is 0 Å². The maximum absolute atomic E-state index is 12.6. The van der Waals surface area contributed by atoms with Gasteiger partial charge in [0.1, 0.15) is 5.54 Å². The average molecular weight is 284 g/mol. The molecule has 0 aliphatic carbocycles. The highest BCUT2D eigenvalue weighted by Crippen LogP contribution is 2.34. The van der Waals surface area contributed by atoms with Crippen molar-refractivity contribution in [2.75, 3.05) is 26.2 Å². The van der Waals surface area contributed by atoms with Gasteiger partial charge in [-0.3, -0.25) is 0 Å². The fourth-order valence-electron chi connectivity index (χ4n) is 3.38. The normalized spacial score (nSPS) is 27.9. The average Bonchev–Trinajstić information content (AvgIpc) is 2.91. The number of carboxylic acid groups (broad SMARTS) is 1. The van der Waals surface area contributed by atoms with E-state index < -0.39 is 11.5 Å². The molecule has 0 radical (unpaired) electrons. The van der Waals surface area contributed by atoms with Crippen LogP contribution in [0.15, 0.2) is 0 Å². The Morgan fingerprint density at radius 2 is 1.90 bits per heavy atom. The number of aliphatic hydroxyl groups excluding tert-OH is 1. The molecule has 2 aliphatic rings. The first-order valence-corrected chi connectivity index (χ1v) is 7.46. The molecule has 20 heavy (non-hydrogen) atoms. The Hall–Kier alpha value is -1.30. The minimum Gasteiger partial charge on any atom is -0.479 e. The van der Waals surface area contributed by atoms with Crippen molar-refractivity contribution in [1.82, 2.24) is 9.80 Å². The molecule has 2 rings (SSSR count). The standard InChI is InChI=1S/C14H24N2O4/c1-2-14(12(18)19)6-3-7-16(14)13(20)15-8-4-11(10-17)5-9-15/h11,17H,2-10H2,1H3,(H,18,19). The van der Waals surface area contributed by atoms with Crippen LogP contribution in [0.4, 0.5) is 4.79 Å². The van der Waals surface area contributed by atoms with Crippen LogP contribution in [0.25, 0.3) is 0 Å². The summed E-state index contributed by atoms with van der Waals surface area (Å²) in [5.41, 5.74) is -1.02. The number of rotatable bonds is 3. The minimum absolute atomic E-state index is 0.150. The maximum Gasteiger partial charge on any atom is 0.329 e. The molecule has 6 heteroatoms. The summed E-state index contributed by atoms with van der Waals surface area (Å²) in [6.07, 6.45) is 3.32. The molecule has 2 aliphatic heterocycles. The Kier molecular flexibility index (Phi) is 4.52. The molecule has 0 bridgehead atoms. The number of hydrogen-bond acceptors (Lipinski definition) is 3. The molecule has 1 atom stereocenters. The van der Waals surface area contributed by atoms with Crippen LogP contribution in [0, 0.1) is 5.92 Å². The number of carbonyl (C=O) groups excluding carboxylic acids is 1. The van der Waals surface area contributed by atoms with Crippen molar-refractivity contribution in [1.29, 1.82) is 0 Å². The van der Waals surface area contributed by atoms with Crippen molar-refractivity contribution in [3.8, 4) is 0 Å². The van der Waals surface area contributed by atoms with E-state index in [0.717, 1.165) is 19.3 Å². The highest BCUT2D eigenvalue weighted by Gasteiger charge is 2.49. The predicted octanol–water partition coefficient (Wildman–Crippen LogP) is 1.14. The van der Waals surface area contributed by atoms with Gasteiger partial charge >= 0.3 is 12.0 Å². The third kappa shape index (κ3) is 2.49. The van der Waals surface area contributed by atoms with Crippen molar-refractivity contribution in [2.45, 2.75) is 44.6 Å². The fraction of sp³-hybridized carbons (Fsp3) is 0.857. The van der Waals surface area contributed by atoms with Crippen LogP contribution in [-0.2, 0) is 4.79 Å². The second-order valence-electron chi connectivity index (χ2n) is 5.84. The highest BCUT2D eigenvalue weighted by atomic mass is 16.4. The van der Waals surface area contributed by atoms with Crippen LogP contribution < -0.4 is 0 Å². The number of carbonyl (C=O) groups is 2. The summed E-state index contributed by atoms with van der Waals surface area (Å²) in [6, 6.07) is -0.150. The summed E-state index contributed by atoms with van der Waals surface area (Å²) in [7, 11) is 0. The van der Waals surface area contributed by atoms with Gasteiger partial charge in [0.15, 0.2) is 0 Å². The van der Waals surface area contributed by atoms with Crippen molar-refractivity contribution in [2.24, 2.45) is 5.92 Å². The summed E-state index contributed by atoms with van der Waals surface area (Å²) in [4.78, 5) is 27.5. The number of nitrogens with zero attached hydrogens (tertiary/aromatic N) is 2. The number of piperidine rings is 1. The molecule has 114 valence electrons. The molecule has 1 unspecified atom stereocenters. The molecule has 2 fully saturated rings. The van der Waals surface area contributed by atoms with Crippen LogP contribution >= 0.6 is 0 Å². The quantitative estimate of drug-likeness (QED) is 0.814. The van der Waals surface area contributed by atoms with Crippen LogP contribution in [0.2, 0.25) is 0 Å². The second-order valence-corrected chi connectivity index (χ2v) is 5.84. The van der Waals surface area contributed by atoms with Gasteiger partial charge in [0, 0.05) is 26.2 Å². The minimum atomic E-state index is -1.02. The van der Waals surface area contributed by atoms with Crippen molar-refractivity contribution >= 4 is 12.0 Å². The Morgan fingerprint density at radius 1 is 1.25 bits per heavy atom. The third-order valence-electron chi connectivity index (χ3n) is 4.85. The number of urea groups is 1. The van der Waals surface area contributed by atoms with E-state index in [4.69, 9.17) is 5.11 Å². The molecule has 0 spiro atoms. The van der Waals surface area contributed by atoms with Gasteiger partial charge in [-0.25, -0.2) is 9.59 Å². The molecule has 2 amide bonds. The number of carboxylic acids is 1. The van der Waals surface area contributed by atoms with E-state index in [2.05, 4.69) is 0 Å². The van der Waals surface area contributed by atoms with Gasteiger partial charge in [-0.05, 0) is 38.0 Å². The molecule has 0 aromatic rings. The largest absolute Gasteiger partial charge is 0.479 e. The molecular formula is C14H24N2O4. The summed E-state index contributed by atoms with van der Waals surface area (Å²) >= 11 is 0. The molecule has 2 saturated heterocycles. The summed E-state index contributed by atoms with van der Waals surface area (Å²) in [5, 5.41) is 18.6. The van der Waals surface area contributed by atoms with Crippen LogP contribution in [0.5, 0.6) is 0 Å². The molecular weight excluding hydrogens is 260 g/mol. The summed E-state index contributed by atoms with van der Waals surface area (Å²) < 4.78 is 0. The van der Waals surface area contributed by atoms with Crippen molar-refractivity contribution in [3.05, 3.63) is 0 Å². The zero-order valence-electron chi connectivity index (χ0n) is 12.0. The third-order valence-corrected chi connectivity index (χ3v) is 4.85. The summed E-state index contributed by atoms with van der Waals surface area (Å²) in [5.74, 6) is -0.621. The van der Waals surface area contributed by atoms with Crippen molar-refractivity contribution < 1.29 is 19.8 Å². The monoisotopic (exact) mass is 284 g/mol. The maximum atomic E-state index is 12.6. The lowest BCUT2D eigenvalue weighted by molar-refractivity contribution is -0.148. The van der Waals surface area contributed by atoms with Gasteiger partial charge in [0.05, 0.1) is 0 Å². The zero-order chi connectivity index (χ0) is 14.8. The van der Waals surface area contributed by atoms with E-state index in [0.29, 0.717) is 32.5 Å². The zero-order valence-corrected chi connectivity index (χ0v) is 12.0. The molecule has 2 heterocycles. The Bertz CT molecular complexity index is 379. The lowest BCUT2D eigenvalue weighted by Gasteiger charge is -2.39. The Balaban J connectivity index is 2.07. The molecule has 6 nitrogen and oxygen atoms in total. The Morgan fingerprint density at radius 3 is 2.40 bits per heavy atom. The smallest absolute Gasteiger partial charge is 0.329 e. The number of likely N-dealkylation sites (tertiary alicyclic amines) is 2. The van der Waals surface area contributed by atoms with Gasteiger partial charge in [-0.1, -0.05) is 6.92 Å². The second kappa shape index (κ2) is 5.99. The van der Waals surface area contributed by atoms with E-state index in [1.54, 1.807) is 9.80 Å². The Labute approximate surface area is 119 Å². The van der Waals surface area contributed by atoms with E-state index in [-0.39, 0.29) is 18.6 Å². The first-order valence-electron chi connectivity index (χ1n) is 7.46.